The number of H-pyrrole nitrogens is 1. The summed E-state index contributed by atoms with van der Waals surface area (Å²) in [5.74, 6) is 1.55. The van der Waals surface area contributed by atoms with Crippen molar-refractivity contribution < 1.29 is 4.79 Å². The third-order valence-electron chi connectivity index (χ3n) is 4.95. The van der Waals surface area contributed by atoms with E-state index in [4.69, 9.17) is 0 Å². The summed E-state index contributed by atoms with van der Waals surface area (Å²) in [6.07, 6.45) is 1.89. The molecule has 0 aliphatic carbocycles. The predicted octanol–water partition coefficient (Wildman–Crippen LogP) is 2.89. The highest BCUT2D eigenvalue weighted by atomic mass is 16.2. The Labute approximate surface area is 140 Å². The molecule has 3 heterocycles. The molecule has 2 aromatic heterocycles. The standard InChI is InChI=1S/C18H21N5O/c1-11-6-4-7-14-13(11)10-16(22(14)3)18(24)23-9-5-8-15(23)17-19-12(2)20-21-17/h4,6-7,10,15H,5,8-9H2,1-3H3,(H,19,20,21)/t15-/m1/s1. The lowest BCUT2D eigenvalue weighted by Gasteiger charge is -2.22. The number of hydrogen-bond acceptors (Lipinski definition) is 3. The van der Waals surface area contributed by atoms with Crippen LogP contribution < -0.4 is 0 Å². The zero-order chi connectivity index (χ0) is 16.8. The third kappa shape index (κ3) is 2.21. The number of carbonyl (C=O) groups is 1. The first kappa shape index (κ1) is 14.9. The van der Waals surface area contributed by atoms with Crippen LogP contribution in [0.15, 0.2) is 24.3 Å². The second-order valence-electron chi connectivity index (χ2n) is 6.53. The van der Waals surface area contributed by atoms with Crippen LogP contribution in [0, 0.1) is 13.8 Å². The molecule has 0 bridgehead atoms. The smallest absolute Gasteiger partial charge is 0.271 e. The van der Waals surface area contributed by atoms with Crippen molar-refractivity contribution in [3.05, 3.63) is 47.2 Å². The predicted molar refractivity (Wildman–Crippen MR) is 91.8 cm³/mol. The van der Waals surface area contributed by atoms with Crippen molar-refractivity contribution in [3.63, 3.8) is 0 Å². The summed E-state index contributed by atoms with van der Waals surface area (Å²) in [5.41, 5.74) is 2.99. The Morgan fingerprint density at radius 2 is 2.17 bits per heavy atom. The SMILES string of the molecule is Cc1nc([C@H]2CCCN2C(=O)c2cc3c(C)cccc3n2C)n[nH]1. The van der Waals surface area contributed by atoms with Gasteiger partial charge in [-0.25, -0.2) is 4.98 Å². The molecule has 1 fully saturated rings. The Bertz CT molecular complexity index is 923. The second kappa shape index (κ2) is 5.47. The molecule has 1 atom stereocenters. The summed E-state index contributed by atoms with van der Waals surface area (Å²) < 4.78 is 1.99. The number of aryl methyl sites for hydroxylation is 3. The van der Waals surface area contributed by atoms with Gasteiger partial charge in [-0.3, -0.25) is 9.89 Å². The number of rotatable bonds is 2. The van der Waals surface area contributed by atoms with Crippen molar-refractivity contribution in [2.45, 2.75) is 32.7 Å². The number of fused-ring (bicyclic) bond motifs is 1. The number of benzene rings is 1. The molecule has 0 unspecified atom stereocenters. The molecule has 4 rings (SSSR count). The maximum Gasteiger partial charge on any atom is 0.271 e. The highest BCUT2D eigenvalue weighted by molar-refractivity contribution is 5.99. The Balaban J connectivity index is 1.73. The largest absolute Gasteiger partial charge is 0.340 e. The first-order chi connectivity index (χ1) is 11.6. The summed E-state index contributed by atoms with van der Waals surface area (Å²) in [6, 6.07) is 8.12. The number of carbonyl (C=O) groups excluding carboxylic acids is 1. The molecule has 1 N–H and O–H groups in total. The fourth-order valence-electron chi connectivity index (χ4n) is 3.65. The van der Waals surface area contributed by atoms with Gasteiger partial charge in [-0.1, -0.05) is 12.1 Å². The number of amides is 1. The second-order valence-corrected chi connectivity index (χ2v) is 6.53. The number of aromatic amines is 1. The minimum absolute atomic E-state index is 0.0402. The molecule has 0 saturated carbocycles. The Morgan fingerprint density at radius 1 is 1.33 bits per heavy atom. The van der Waals surface area contributed by atoms with E-state index < -0.39 is 0 Å². The number of hydrogen-bond donors (Lipinski definition) is 1. The van der Waals surface area contributed by atoms with Gasteiger partial charge in [0.25, 0.3) is 5.91 Å². The molecular formula is C18H21N5O. The van der Waals surface area contributed by atoms with Crippen molar-refractivity contribution >= 4 is 16.8 Å². The van der Waals surface area contributed by atoms with Crippen molar-refractivity contribution in [1.82, 2.24) is 24.6 Å². The van der Waals surface area contributed by atoms with Crippen LogP contribution in [0.4, 0.5) is 0 Å². The van der Waals surface area contributed by atoms with E-state index in [1.165, 1.54) is 5.56 Å². The average molecular weight is 323 g/mol. The highest BCUT2D eigenvalue weighted by Crippen LogP contribution is 2.32. The molecule has 1 aliphatic rings. The maximum absolute atomic E-state index is 13.2. The molecule has 0 radical (unpaired) electrons. The van der Waals surface area contributed by atoms with Crippen molar-refractivity contribution in [3.8, 4) is 0 Å². The number of nitrogens with one attached hydrogen (secondary N) is 1. The molecule has 3 aromatic rings. The van der Waals surface area contributed by atoms with E-state index in [2.05, 4.69) is 34.2 Å². The highest BCUT2D eigenvalue weighted by Gasteiger charge is 2.34. The molecule has 0 spiro atoms. The summed E-state index contributed by atoms with van der Waals surface area (Å²) >= 11 is 0. The monoisotopic (exact) mass is 323 g/mol. The molecular weight excluding hydrogens is 302 g/mol. The van der Waals surface area contributed by atoms with E-state index >= 15 is 0 Å². The van der Waals surface area contributed by atoms with Crippen LogP contribution in [-0.4, -0.2) is 37.1 Å². The zero-order valence-electron chi connectivity index (χ0n) is 14.2. The summed E-state index contributed by atoms with van der Waals surface area (Å²) in [5, 5.41) is 8.28. The van der Waals surface area contributed by atoms with E-state index in [0.29, 0.717) is 5.82 Å². The summed E-state index contributed by atoms with van der Waals surface area (Å²) in [4.78, 5) is 19.5. The third-order valence-corrected chi connectivity index (χ3v) is 4.95. The van der Waals surface area contributed by atoms with Crippen LogP contribution in [0.5, 0.6) is 0 Å². The van der Waals surface area contributed by atoms with Crippen molar-refractivity contribution in [2.24, 2.45) is 7.05 Å². The normalized spacial score (nSPS) is 17.8. The molecule has 1 saturated heterocycles. The first-order valence-electron chi connectivity index (χ1n) is 8.31. The number of likely N-dealkylation sites (tertiary alicyclic amines) is 1. The van der Waals surface area contributed by atoms with E-state index in [1.807, 2.05) is 35.6 Å². The van der Waals surface area contributed by atoms with Gasteiger partial charge in [0.05, 0.1) is 6.04 Å². The van der Waals surface area contributed by atoms with Crippen molar-refractivity contribution in [2.75, 3.05) is 6.54 Å². The van der Waals surface area contributed by atoms with E-state index in [1.54, 1.807) is 0 Å². The lowest BCUT2D eigenvalue weighted by molar-refractivity contribution is 0.0721. The molecule has 24 heavy (non-hydrogen) atoms. The fraction of sp³-hybridized carbons (Fsp3) is 0.389. The Kier molecular flexibility index (Phi) is 3.40. The number of nitrogens with zero attached hydrogens (tertiary/aromatic N) is 4. The van der Waals surface area contributed by atoms with Crippen LogP contribution >= 0.6 is 0 Å². The summed E-state index contributed by atoms with van der Waals surface area (Å²) in [7, 11) is 1.96. The quantitative estimate of drug-likeness (QED) is 0.788. The van der Waals surface area contributed by atoms with Crippen LogP contribution in [0.1, 0.15) is 46.6 Å². The van der Waals surface area contributed by atoms with Gasteiger partial charge in [0.2, 0.25) is 0 Å². The van der Waals surface area contributed by atoms with Gasteiger partial charge in [0.15, 0.2) is 5.82 Å². The Morgan fingerprint density at radius 3 is 2.88 bits per heavy atom. The van der Waals surface area contributed by atoms with Gasteiger partial charge < -0.3 is 9.47 Å². The first-order valence-corrected chi connectivity index (χ1v) is 8.31. The zero-order valence-corrected chi connectivity index (χ0v) is 14.2. The molecule has 6 nitrogen and oxygen atoms in total. The molecule has 1 aliphatic heterocycles. The van der Waals surface area contributed by atoms with Crippen molar-refractivity contribution in [1.29, 1.82) is 0 Å². The van der Waals surface area contributed by atoms with E-state index in [9.17, 15) is 4.79 Å². The van der Waals surface area contributed by atoms with Crippen LogP contribution in [0.2, 0.25) is 0 Å². The van der Waals surface area contributed by atoms with Crippen LogP contribution in [-0.2, 0) is 7.05 Å². The maximum atomic E-state index is 13.2. The fourth-order valence-corrected chi connectivity index (χ4v) is 3.65. The molecule has 124 valence electrons. The minimum Gasteiger partial charge on any atom is -0.340 e. The topological polar surface area (TPSA) is 66.8 Å². The van der Waals surface area contributed by atoms with Gasteiger partial charge in [0.1, 0.15) is 11.5 Å². The average Bonchev–Trinajstić information content (AvgIpc) is 3.26. The van der Waals surface area contributed by atoms with Crippen LogP contribution in [0.25, 0.3) is 10.9 Å². The molecule has 6 heteroatoms. The van der Waals surface area contributed by atoms with Gasteiger partial charge >= 0.3 is 0 Å². The lowest BCUT2D eigenvalue weighted by Crippen LogP contribution is -2.32. The Hall–Kier alpha value is -2.63. The van der Waals surface area contributed by atoms with Gasteiger partial charge in [0, 0.05) is 24.5 Å². The minimum atomic E-state index is -0.0402. The van der Waals surface area contributed by atoms with Gasteiger partial charge in [-0.2, -0.15) is 5.10 Å². The lowest BCUT2D eigenvalue weighted by atomic mass is 10.1. The van der Waals surface area contributed by atoms with E-state index in [-0.39, 0.29) is 11.9 Å². The molecule has 1 amide bonds. The number of aromatic nitrogens is 4. The molecule has 1 aromatic carbocycles. The summed E-state index contributed by atoms with van der Waals surface area (Å²) in [6.45, 7) is 4.70. The van der Waals surface area contributed by atoms with Gasteiger partial charge in [-0.15, -0.1) is 0 Å². The van der Waals surface area contributed by atoms with Gasteiger partial charge in [-0.05, 0) is 44.4 Å². The van der Waals surface area contributed by atoms with Crippen LogP contribution in [0.3, 0.4) is 0 Å². The van der Waals surface area contributed by atoms with E-state index in [0.717, 1.165) is 41.8 Å².